The molecule has 0 unspecified atom stereocenters. The van der Waals surface area contributed by atoms with Crippen molar-refractivity contribution in [2.75, 3.05) is 5.32 Å². The first-order valence-electron chi connectivity index (χ1n) is 7.21. The van der Waals surface area contributed by atoms with Crippen molar-refractivity contribution in [3.05, 3.63) is 58.4 Å². The molecule has 128 valence electrons. The molecule has 0 aliphatic heterocycles. The van der Waals surface area contributed by atoms with E-state index < -0.39 is 27.6 Å². The minimum Gasteiger partial charge on any atom is -0.431 e. The predicted molar refractivity (Wildman–Crippen MR) is 91.0 cm³/mol. The zero-order valence-corrected chi connectivity index (χ0v) is 13.7. The molecule has 0 radical (unpaired) electrons. The highest BCUT2D eigenvalue weighted by Crippen LogP contribution is 2.28. The van der Waals surface area contributed by atoms with Gasteiger partial charge in [0.15, 0.2) is 5.58 Å². The van der Waals surface area contributed by atoms with Crippen LogP contribution in [0.1, 0.15) is 6.92 Å². The van der Waals surface area contributed by atoms with Gasteiger partial charge in [0.25, 0.3) is 5.22 Å². The summed E-state index contributed by atoms with van der Waals surface area (Å²) in [5.41, 5.74) is 0.749. The molecule has 3 rings (SSSR count). The van der Waals surface area contributed by atoms with E-state index in [1.807, 2.05) is 12.1 Å². The molecule has 0 bridgehead atoms. The van der Waals surface area contributed by atoms with Gasteiger partial charge in [-0.1, -0.05) is 23.9 Å². The van der Waals surface area contributed by atoms with E-state index in [1.165, 1.54) is 6.07 Å². The van der Waals surface area contributed by atoms with Gasteiger partial charge in [-0.05, 0) is 31.2 Å². The number of oxazole rings is 1. The van der Waals surface area contributed by atoms with Crippen molar-refractivity contribution in [2.24, 2.45) is 0 Å². The van der Waals surface area contributed by atoms with Crippen LogP contribution in [0.5, 0.6) is 0 Å². The monoisotopic (exact) mass is 361 g/mol. The van der Waals surface area contributed by atoms with Gasteiger partial charge in [-0.2, -0.15) is 4.39 Å². The van der Waals surface area contributed by atoms with Gasteiger partial charge in [0.05, 0.1) is 10.2 Å². The minimum absolute atomic E-state index is 0.142. The fourth-order valence-electron chi connectivity index (χ4n) is 2.08. The normalized spacial score (nSPS) is 12.1. The van der Waals surface area contributed by atoms with Gasteiger partial charge in [0.2, 0.25) is 11.7 Å². The van der Waals surface area contributed by atoms with Crippen molar-refractivity contribution in [3.8, 4) is 0 Å². The lowest BCUT2D eigenvalue weighted by molar-refractivity contribution is -0.387. The number of nitrogens with one attached hydrogen (secondary N) is 1. The van der Waals surface area contributed by atoms with E-state index in [0.717, 1.165) is 23.9 Å². The molecule has 0 saturated heterocycles. The third-order valence-electron chi connectivity index (χ3n) is 3.33. The van der Waals surface area contributed by atoms with Crippen molar-refractivity contribution >= 4 is 40.1 Å². The Hall–Kier alpha value is -2.94. The van der Waals surface area contributed by atoms with Crippen LogP contribution in [0.3, 0.4) is 0 Å². The zero-order valence-electron chi connectivity index (χ0n) is 12.9. The van der Waals surface area contributed by atoms with Crippen LogP contribution in [0, 0.1) is 15.9 Å². The summed E-state index contributed by atoms with van der Waals surface area (Å²) in [6, 6.07) is 10.4. The lowest BCUT2D eigenvalue weighted by Crippen LogP contribution is -2.22. The first-order chi connectivity index (χ1) is 11.9. The maximum absolute atomic E-state index is 13.3. The van der Waals surface area contributed by atoms with E-state index in [4.69, 9.17) is 4.42 Å². The number of nitro benzene ring substituents is 1. The maximum Gasteiger partial charge on any atom is 0.306 e. The smallest absolute Gasteiger partial charge is 0.306 e. The summed E-state index contributed by atoms with van der Waals surface area (Å²) < 4.78 is 18.9. The van der Waals surface area contributed by atoms with Crippen LogP contribution in [-0.4, -0.2) is 21.1 Å². The highest BCUT2D eigenvalue weighted by atomic mass is 32.2. The van der Waals surface area contributed by atoms with E-state index in [1.54, 1.807) is 19.1 Å². The number of anilines is 1. The average Bonchev–Trinajstić information content (AvgIpc) is 2.98. The van der Waals surface area contributed by atoms with Crippen molar-refractivity contribution in [1.29, 1.82) is 0 Å². The van der Waals surface area contributed by atoms with Gasteiger partial charge in [0.1, 0.15) is 5.52 Å². The Bertz CT molecular complexity index is 926. The lowest BCUT2D eigenvalue weighted by Gasteiger charge is -2.10. The van der Waals surface area contributed by atoms with Crippen molar-refractivity contribution < 1.29 is 18.5 Å². The number of thioether (sulfide) groups is 1. The Morgan fingerprint density at radius 3 is 2.84 bits per heavy atom. The molecular weight excluding hydrogens is 349 g/mol. The molecule has 0 saturated carbocycles. The molecule has 1 amide bonds. The third-order valence-corrected chi connectivity index (χ3v) is 4.28. The molecule has 0 fully saturated rings. The second-order valence-corrected chi connectivity index (χ2v) is 6.41. The number of nitro groups is 1. The van der Waals surface area contributed by atoms with Gasteiger partial charge in [-0.15, -0.1) is 0 Å². The van der Waals surface area contributed by atoms with Crippen molar-refractivity contribution in [2.45, 2.75) is 17.4 Å². The van der Waals surface area contributed by atoms with E-state index in [9.17, 15) is 19.3 Å². The Morgan fingerprint density at radius 2 is 2.12 bits per heavy atom. The summed E-state index contributed by atoms with van der Waals surface area (Å²) in [6.07, 6.45) is 0. The molecule has 0 aliphatic rings. The predicted octanol–water partition coefficient (Wildman–Crippen LogP) is 3.99. The summed E-state index contributed by atoms with van der Waals surface area (Å²) in [6.45, 7) is 1.65. The number of benzene rings is 2. The van der Waals surface area contributed by atoms with Gasteiger partial charge in [0, 0.05) is 11.8 Å². The quantitative estimate of drug-likeness (QED) is 0.419. The molecule has 3 aromatic rings. The Balaban J connectivity index is 1.70. The molecule has 2 aromatic carbocycles. The standard InChI is InChI=1S/C16H12FN3O4S/c1-9(25-16-19-12-4-2-3-5-14(12)24-16)15(21)18-10-6-7-11(17)13(8-10)20(22)23/h2-9H,1H3,(H,18,21)/t9-/m0/s1. The van der Waals surface area contributed by atoms with Gasteiger partial charge in [-0.25, -0.2) is 4.98 Å². The number of hydrogen-bond donors (Lipinski definition) is 1. The molecule has 9 heteroatoms. The van der Waals surface area contributed by atoms with Gasteiger partial charge < -0.3 is 9.73 Å². The van der Waals surface area contributed by atoms with Crippen LogP contribution in [0.4, 0.5) is 15.8 Å². The average molecular weight is 361 g/mol. The summed E-state index contributed by atoms with van der Waals surface area (Å²) in [7, 11) is 0. The number of carbonyl (C=O) groups is 1. The van der Waals surface area contributed by atoms with Crippen LogP contribution >= 0.6 is 11.8 Å². The summed E-state index contributed by atoms with van der Waals surface area (Å²) in [5.74, 6) is -1.37. The summed E-state index contributed by atoms with van der Waals surface area (Å²) >= 11 is 1.11. The number of amides is 1. The second kappa shape index (κ2) is 6.89. The molecule has 1 atom stereocenters. The number of para-hydroxylation sites is 2. The van der Waals surface area contributed by atoms with E-state index in [0.29, 0.717) is 16.3 Å². The number of carbonyl (C=O) groups excluding carboxylic acids is 1. The SMILES string of the molecule is C[C@H](Sc1nc2ccccc2o1)C(=O)Nc1ccc(F)c([N+](=O)[O-])c1. The van der Waals surface area contributed by atoms with E-state index in [-0.39, 0.29) is 5.69 Å². The van der Waals surface area contributed by atoms with Gasteiger partial charge in [-0.3, -0.25) is 14.9 Å². The number of hydrogen-bond acceptors (Lipinski definition) is 6. The zero-order chi connectivity index (χ0) is 18.0. The number of fused-ring (bicyclic) bond motifs is 1. The van der Waals surface area contributed by atoms with Crippen LogP contribution in [0.2, 0.25) is 0 Å². The molecule has 0 spiro atoms. The second-order valence-electron chi connectivity index (χ2n) is 5.12. The number of halogens is 1. The first-order valence-corrected chi connectivity index (χ1v) is 8.09. The number of nitrogens with zero attached hydrogens (tertiary/aromatic N) is 2. The maximum atomic E-state index is 13.3. The number of rotatable bonds is 5. The van der Waals surface area contributed by atoms with Crippen LogP contribution in [0.15, 0.2) is 52.1 Å². The Kier molecular flexibility index (Phi) is 4.66. The van der Waals surface area contributed by atoms with Crippen LogP contribution in [-0.2, 0) is 4.79 Å². The van der Waals surface area contributed by atoms with Crippen LogP contribution in [0.25, 0.3) is 11.1 Å². The first kappa shape index (κ1) is 16.9. The number of aromatic nitrogens is 1. The largest absolute Gasteiger partial charge is 0.431 e. The molecule has 7 nitrogen and oxygen atoms in total. The minimum atomic E-state index is -0.961. The molecule has 1 heterocycles. The van der Waals surface area contributed by atoms with Gasteiger partial charge >= 0.3 is 5.69 Å². The Morgan fingerprint density at radius 1 is 1.36 bits per heavy atom. The van der Waals surface area contributed by atoms with Crippen molar-refractivity contribution in [1.82, 2.24) is 4.98 Å². The highest BCUT2D eigenvalue weighted by molar-refractivity contribution is 8.00. The van der Waals surface area contributed by atoms with E-state index >= 15 is 0 Å². The van der Waals surface area contributed by atoms with Crippen LogP contribution < -0.4 is 5.32 Å². The topological polar surface area (TPSA) is 98.3 Å². The third kappa shape index (κ3) is 3.77. The summed E-state index contributed by atoms with van der Waals surface area (Å²) in [5, 5.41) is 13.0. The fraction of sp³-hybridized carbons (Fsp3) is 0.125. The Labute approximate surface area is 145 Å². The molecule has 1 aromatic heterocycles. The molecular formula is C16H12FN3O4S. The van der Waals surface area contributed by atoms with E-state index in [2.05, 4.69) is 10.3 Å². The molecule has 25 heavy (non-hydrogen) atoms. The molecule has 1 N–H and O–H groups in total. The highest BCUT2D eigenvalue weighted by Gasteiger charge is 2.20. The van der Waals surface area contributed by atoms with Crippen molar-refractivity contribution in [3.63, 3.8) is 0 Å². The molecule has 0 aliphatic carbocycles. The lowest BCUT2D eigenvalue weighted by atomic mass is 10.2. The fourth-order valence-corrected chi connectivity index (χ4v) is 2.84. The summed E-state index contributed by atoms with van der Waals surface area (Å²) in [4.78, 5) is 26.4.